The normalized spacial score (nSPS) is 10.0. The number of benzene rings is 1. The van der Waals surface area contributed by atoms with E-state index in [2.05, 4.69) is 15.3 Å². The first-order chi connectivity index (χ1) is 8.16. The number of hydrogen-bond donors (Lipinski definition) is 1. The number of hydrogen-bond acceptors (Lipinski definition) is 3. The minimum Gasteiger partial charge on any atom is -0.290 e. The molecule has 17 heavy (non-hydrogen) atoms. The molecule has 0 bridgehead atoms. The van der Waals surface area contributed by atoms with Crippen molar-refractivity contribution in [1.29, 1.82) is 0 Å². The van der Waals surface area contributed by atoms with Crippen LogP contribution < -0.4 is 5.32 Å². The highest BCUT2D eigenvalue weighted by molar-refractivity contribution is 6.03. The molecule has 0 aliphatic carbocycles. The first kappa shape index (κ1) is 11.2. The van der Waals surface area contributed by atoms with Crippen LogP contribution in [0.1, 0.15) is 15.9 Å². The predicted molar refractivity (Wildman–Crippen MR) is 61.1 cm³/mol. The van der Waals surface area contributed by atoms with E-state index in [1.165, 1.54) is 24.5 Å². The average molecular weight is 231 g/mol. The van der Waals surface area contributed by atoms with E-state index >= 15 is 0 Å². The maximum absolute atomic E-state index is 13.5. The zero-order valence-corrected chi connectivity index (χ0v) is 9.14. The summed E-state index contributed by atoms with van der Waals surface area (Å²) in [6, 6.07) is 6.04. The maximum atomic E-state index is 13.5. The number of carbonyl (C=O) groups is 1. The van der Waals surface area contributed by atoms with Crippen LogP contribution in [0.25, 0.3) is 0 Å². The van der Waals surface area contributed by atoms with Crippen molar-refractivity contribution in [2.45, 2.75) is 6.92 Å². The molecule has 2 rings (SSSR count). The number of rotatable bonds is 2. The van der Waals surface area contributed by atoms with Gasteiger partial charge in [-0.15, -0.1) is 0 Å². The second kappa shape index (κ2) is 4.69. The lowest BCUT2D eigenvalue weighted by molar-refractivity contribution is 0.102. The summed E-state index contributed by atoms with van der Waals surface area (Å²) in [5, 5.41) is 2.42. The van der Waals surface area contributed by atoms with Gasteiger partial charge in [-0.2, -0.15) is 0 Å². The highest BCUT2D eigenvalue weighted by Gasteiger charge is 2.12. The zero-order valence-electron chi connectivity index (χ0n) is 9.14. The monoisotopic (exact) mass is 231 g/mol. The SMILES string of the molecule is Cc1ccc(C(=O)Nc2ncccn2)c(F)c1. The van der Waals surface area contributed by atoms with Crippen LogP contribution in [0.2, 0.25) is 0 Å². The fourth-order valence-corrected chi connectivity index (χ4v) is 1.34. The van der Waals surface area contributed by atoms with Crippen LogP contribution in [0.3, 0.4) is 0 Å². The van der Waals surface area contributed by atoms with Gasteiger partial charge in [-0.1, -0.05) is 6.07 Å². The van der Waals surface area contributed by atoms with Gasteiger partial charge in [-0.25, -0.2) is 14.4 Å². The lowest BCUT2D eigenvalue weighted by atomic mass is 10.1. The summed E-state index contributed by atoms with van der Waals surface area (Å²) in [4.78, 5) is 19.4. The van der Waals surface area contributed by atoms with Gasteiger partial charge in [-0.05, 0) is 30.7 Å². The Balaban J connectivity index is 2.21. The summed E-state index contributed by atoms with van der Waals surface area (Å²) < 4.78 is 13.5. The Kier molecular flexibility index (Phi) is 3.09. The van der Waals surface area contributed by atoms with Crippen LogP contribution in [0.4, 0.5) is 10.3 Å². The summed E-state index contributed by atoms with van der Waals surface area (Å²) in [5.41, 5.74) is 0.734. The van der Waals surface area contributed by atoms with Crippen LogP contribution in [0.15, 0.2) is 36.7 Å². The Hall–Kier alpha value is -2.30. The second-order valence-corrected chi connectivity index (χ2v) is 3.51. The molecular weight excluding hydrogens is 221 g/mol. The van der Waals surface area contributed by atoms with Gasteiger partial charge in [0.15, 0.2) is 0 Å². The molecule has 0 spiro atoms. The zero-order chi connectivity index (χ0) is 12.3. The third kappa shape index (κ3) is 2.63. The van der Waals surface area contributed by atoms with Gasteiger partial charge in [0.05, 0.1) is 5.56 Å². The maximum Gasteiger partial charge on any atom is 0.260 e. The summed E-state index contributed by atoms with van der Waals surface area (Å²) in [5.74, 6) is -0.968. The Bertz CT molecular complexity index is 543. The van der Waals surface area contributed by atoms with Crippen molar-refractivity contribution < 1.29 is 9.18 Å². The minimum absolute atomic E-state index is 0.0250. The number of anilines is 1. The quantitative estimate of drug-likeness (QED) is 0.861. The smallest absolute Gasteiger partial charge is 0.260 e. The molecule has 0 saturated heterocycles. The fourth-order valence-electron chi connectivity index (χ4n) is 1.34. The molecule has 2 aromatic rings. The third-order valence-corrected chi connectivity index (χ3v) is 2.16. The molecule has 0 aliphatic heterocycles. The molecule has 1 N–H and O–H groups in total. The molecule has 0 atom stereocenters. The van der Waals surface area contributed by atoms with E-state index in [0.717, 1.165) is 5.56 Å². The molecule has 0 radical (unpaired) electrons. The highest BCUT2D eigenvalue weighted by atomic mass is 19.1. The van der Waals surface area contributed by atoms with E-state index in [0.29, 0.717) is 0 Å². The number of amides is 1. The first-order valence-corrected chi connectivity index (χ1v) is 5.01. The molecular formula is C12H10FN3O. The van der Waals surface area contributed by atoms with Gasteiger partial charge in [0, 0.05) is 12.4 Å². The molecule has 1 heterocycles. The van der Waals surface area contributed by atoms with E-state index in [1.807, 2.05) is 0 Å². The molecule has 0 aliphatic rings. The Morgan fingerprint density at radius 2 is 2.00 bits per heavy atom. The van der Waals surface area contributed by atoms with Crippen molar-refractivity contribution in [2.24, 2.45) is 0 Å². The van der Waals surface area contributed by atoms with E-state index in [-0.39, 0.29) is 11.5 Å². The third-order valence-electron chi connectivity index (χ3n) is 2.16. The fraction of sp³-hybridized carbons (Fsp3) is 0.0833. The van der Waals surface area contributed by atoms with Crippen LogP contribution in [0, 0.1) is 12.7 Å². The first-order valence-electron chi connectivity index (χ1n) is 5.01. The highest BCUT2D eigenvalue weighted by Crippen LogP contribution is 2.11. The number of aromatic nitrogens is 2. The number of carbonyl (C=O) groups excluding carboxylic acids is 1. The molecule has 86 valence electrons. The number of halogens is 1. The van der Waals surface area contributed by atoms with E-state index < -0.39 is 11.7 Å². The van der Waals surface area contributed by atoms with Crippen molar-refractivity contribution in [3.05, 3.63) is 53.6 Å². The van der Waals surface area contributed by atoms with Crippen molar-refractivity contribution in [2.75, 3.05) is 5.32 Å². The lowest BCUT2D eigenvalue weighted by Crippen LogP contribution is -2.15. The molecule has 1 aromatic carbocycles. The van der Waals surface area contributed by atoms with E-state index in [1.54, 1.807) is 19.1 Å². The standard InChI is InChI=1S/C12H10FN3O/c1-8-3-4-9(10(13)7-8)11(17)16-12-14-5-2-6-15-12/h2-7H,1H3,(H,14,15,16,17). The second-order valence-electron chi connectivity index (χ2n) is 3.51. The van der Waals surface area contributed by atoms with E-state index in [4.69, 9.17) is 0 Å². The minimum atomic E-state index is -0.561. The van der Waals surface area contributed by atoms with Crippen LogP contribution >= 0.6 is 0 Å². The summed E-state index contributed by atoms with van der Waals surface area (Å²) >= 11 is 0. The summed E-state index contributed by atoms with van der Waals surface area (Å²) in [6.45, 7) is 1.76. The summed E-state index contributed by atoms with van der Waals surface area (Å²) in [7, 11) is 0. The lowest BCUT2D eigenvalue weighted by Gasteiger charge is -2.04. The predicted octanol–water partition coefficient (Wildman–Crippen LogP) is 2.18. The van der Waals surface area contributed by atoms with Crippen LogP contribution in [-0.4, -0.2) is 15.9 Å². The molecule has 5 heteroatoms. The topological polar surface area (TPSA) is 54.9 Å². The van der Waals surface area contributed by atoms with Gasteiger partial charge in [-0.3, -0.25) is 10.1 Å². The Morgan fingerprint density at radius 3 is 2.65 bits per heavy atom. The number of nitrogens with zero attached hydrogens (tertiary/aromatic N) is 2. The van der Waals surface area contributed by atoms with E-state index in [9.17, 15) is 9.18 Å². The van der Waals surface area contributed by atoms with Crippen molar-refractivity contribution >= 4 is 11.9 Å². The molecule has 0 fully saturated rings. The molecule has 1 amide bonds. The molecule has 0 saturated carbocycles. The van der Waals surface area contributed by atoms with Crippen LogP contribution in [0.5, 0.6) is 0 Å². The van der Waals surface area contributed by atoms with Crippen molar-refractivity contribution in [1.82, 2.24) is 9.97 Å². The number of aryl methyl sites for hydroxylation is 1. The van der Waals surface area contributed by atoms with Gasteiger partial charge in [0.1, 0.15) is 5.82 Å². The van der Waals surface area contributed by atoms with Crippen molar-refractivity contribution in [3.8, 4) is 0 Å². The average Bonchev–Trinajstić information content (AvgIpc) is 2.30. The van der Waals surface area contributed by atoms with Crippen LogP contribution in [-0.2, 0) is 0 Å². The molecule has 1 aromatic heterocycles. The summed E-state index contributed by atoms with van der Waals surface area (Å²) in [6.07, 6.45) is 2.99. The van der Waals surface area contributed by atoms with Gasteiger partial charge < -0.3 is 0 Å². The van der Waals surface area contributed by atoms with Crippen molar-refractivity contribution in [3.63, 3.8) is 0 Å². The van der Waals surface area contributed by atoms with Gasteiger partial charge >= 0.3 is 0 Å². The Labute approximate surface area is 97.5 Å². The largest absolute Gasteiger partial charge is 0.290 e. The Morgan fingerprint density at radius 1 is 1.29 bits per heavy atom. The van der Waals surface area contributed by atoms with Gasteiger partial charge in [0.2, 0.25) is 5.95 Å². The van der Waals surface area contributed by atoms with Gasteiger partial charge in [0.25, 0.3) is 5.91 Å². The molecule has 4 nitrogen and oxygen atoms in total. The number of nitrogens with one attached hydrogen (secondary N) is 1. The molecule has 0 unspecified atom stereocenters.